The van der Waals surface area contributed by atoms with Gasteiger partial charge >= 0.3 is 0 Å². The van der Waals surface area contributed by atoms with Gasteiger partial charge in [-0.25, -0.2) is 0 Å². The molecule has 0 aliphatic carbocycles. The summed E-state index contributed by atoms with van der Waals surface area (Å²) in [6.07, 6.45) is 4.71. The molecule has 1 N–H and O–H groups in total. The van der Waals surface area contributed by atoms with E-state index in [0.717, 1.165) is 38.5 Å². The van der Waals surface area contributed by atoms with Crippen molar-refractivity contribution >= 4 is 5.91 Å². The number of piperidine rings is 1. The normalized spacial score (nSPS) is 26.8. The topological polar surface area (TPSA) is 43.8 Å². The van der Waals surface area contributed by atoms with Crippen molar-refractivity contribution in [3.63, 3.8) is 0 Å². The minimum absolute atomic E-state index is 0.214. The average molecular weight is 254 g/mol. The van der Waals surface area contributed by atoms with E-state index in [0.29, 0.717) is 12.5 Å². The van der Waals surface area contributed by atoms with Crippen LogP contribution in [-0.4, -0.2) is 60.1 Å². The molecule has 2 heterocycles. The summed E-state index contributed by atoms with van der Waals surface area (Å²) in [5, 5.41) is 9.09. The molecule has 4 heteroatoms. The van der Waals surface area contributed by atoms with Gasteiger partial charge in [0, 0.05) is 25.6 Å². The van der Waals surface area contributed by atoms with Crippen molar-refractivity contribution in [2.75, 3.05) is 39.3 Å². The monoisotopic (exact) mass is 254 g/mol. The molecule has 2 fully saturated rings. The van der Waals surface area contributed by atoms with Gasteiger partial charge in [-0.15, -0.1) is 0 Å². The van der Waals surface area contributed by atoms with Gasteiger partial charge in [0.05, 0.1) is 6.54 Å². The van der Waals surface area contributed by atoms with Gasteiger partial charge in [0.2, 0.25) is 5.91 Å². The average Bonchev–Trinajstić information content (AvgIpc) is 2.88. The number of hydrogen-bond acceptors (Lipinski definition) is 3. The van der Waals surface area contributed by atoms with Crippen LogP contribution in [0.5, 0.6) is 0 Å². The maximum absolute atomic E-state index is 12.1. The fourth-order valence-corrected chi connectivity index (χ4v) is 3.05. The molecule has 104 valence electrons. The van der Waals surface area contributed by atoms with Gasteiger partial charge in [0.15, 0.2) is 0 Å². The third kappa shape index (κ3) is 3.45. The number of hydrogen-bond donors (Lipinski definition) is 1. The van der Waals surface area contributed by atoms with Crippen LogP contribution in [0.25, 0.3) is 0 Å². The zero-order valence-corrected chi connectivity index (χ0v) is 11.5. The van der Waals surface area contributed by atoms with Crippen LogP contribution in [0.2, 0.25) is 0 Å². The summed E-state index contributed by atoms with van der Waals surface area (Å²) in [5.41, 5.74) is 0. The van der Waals surface area contributed by atoms with Gasteiger partial charge in [-0.3, -0.25) is 9.69 Å². The summed E-state index contributed by atoms with van der Waals surface area (Å²) < 4.78 is 0. The molecule has 1 atom stereocenters. The first-order chi connectivity index (χ1) is 8.72. The number of carbonyl (C=O) groups is 1. The highest BCUT2D eigenvalue weighted by atomic mass is 16.3. The molecule has 0 spiro atoms. The smallest absolute Gasteiger partial charge is 0.236 e. The Hall–Kier alpha value is -0.610. The highest BCUT2D eigenvalue weighted by molar-refractivity contribution is 5.78. The third-order valence-corrected chi connectivity index (χ3v) is 4.54. The number of carbonyl (C=O) groups excluding carboxylic acids is 1. The number of nitrogens with zero attached hydrogens (tertiary/aromatic N) is 2. The molecule has 0 radical (unpaired) electrons. The van der Waals surface area contributed by atoms with Crippen molar-refractivity contribution in [1.82, 2.24) is 9.80 Å². The van der Waals surface area contributed by atoms with Crippen LogP contribution in [0.15, 0.2) is 0 Å². The molecule has 2 aliphatic heterocycles. The lowest BCUT2D eigenvalue weighted by Crippen LogP contribution is -2.42. The van der Waals surface area contributed by atoms with E-state index in [1.165, 1.54) is 19.3 Å². The van der Waals surface area contributed by atoms with Crippen molar-refractivity contribution in [2.24, 2.45) is 11.8 Å². The van der Waals surface area contributed by atoms with Crippen molar-refractivity contribution in [2.45, 2.75) is 32.6 Å². The maximum Gasteiger partial charge on any atom is 0.236 e. The lowest BCUT2D eigenvalue weighted by molar-refractivity contribution is -0.131. The molecule has 2 rings (SSSR count). The molecule has 0 bridgehead atoms. The summed E-state index contributed by atoms with van der Waals surface area (Å²) in [6, 6.07) is 0. The second-order valence-corrected chi connectivity index (χ2v) is 5.80. The molecule has 4 nitrogen and oxygen atoms in total. The molecular formula is C14H26N2O2. The number of likely N-dealkylation sites (tertiary alicyclic amines) is 2. The summed E-state index contributed by atoms with van der Waals surface area (Å²) in [7, 11) is 0. The maximum atomic E-state index is 12.1. The Morgan fingerprint density at radius 3 is 2.39 bits per heavy atom. The Bertz CT molecular complexity index is 275. The van der Waals surface area contributed by atoms with E-state index in [1.807, 2.05) is 4.90 Å². The van der Waals surface area contributed by atoms with E-state index >= 15 is 0 Å². The number of aliphatic hydroxyl groups is 1. The van der Waals surface area contributed by atoms with Crippen LogP contribution in [0.1, 0.15) is 32.6 Å². The predicted octanol–water partition coefficient (Wildman–Crippen LogP) is 0.949. The standard InChI is InChI=1S/C14H26N2O2/c1-2-12-3-6-15(7-4-12)10-14(18)16-8-5-13(9-16)11-17/h12-13,17H,2-11H2,1H3. The molecule has 1 unspecified atom stereocenters. The lowest BCUT2D eigenvalue weighted by atomic mass is 9.94. The van der Waals surface area contributed by atoms with Gasteiger partial charge < -0.3 is 10.0 Å². The first kappa shape index (κ1) is 13.8. The first-order valence-corrected chi connectivity index (χ1v) is 7.34. The van der Waals surface area contributed by atoms with Crippen LogP contribution >= 0.6 is 0 Å². The molecule has 0 aromatic rings. The van der Waals surface area contributed by atoms with E-state index in [2.05, 4.69) is 11.8 Å². The van der Waals surface area contributed by atoms with Crippen LogP contribution in [0.3, 0.4) is 0 Å². The quantitative estimate of drug-likeness (QED) is 0.812. The second-order valence-electron chi connectivity index (χ2n) is 5.80. The predicted molar refractivity (Wildman–Crippen MR) is 71.2 cm³/mol. The van der Waals surface area contributed by atoms with Gasteiger partial charge in [-0.1, -0.05) is 13.3 Å². The molecule has 2 saturated heterocycles. The Balaban J connectivity index is 1.72. The minimum Gasteiger partial charge on any atom is -0.396 e. The Morgan fingerprint density at radius 2 is 1.83 bits per heavy atom. The van der Waals surface area contributed by atoms with Crippen LogP contribution in [0, 0.1) is 11.8 Å². The molecule has 1 amide bonds. The zero-order chi connectivity index (χ0) is 13.0. The van der Waals surface area contributed by atoms with Gasteiger partial charge in [0.1, 0.15) is 0 Å². The summed E-state index contributed by atoms with van der Waals surface area (Å²) in [4.78, 5) is 16.3. The second kappa shape index (κ2) is 6.53. The van der Waals surface area contributed by atoms with E-state index in [9.17, 15) is 4.79 Å². The zero-order valence-electron chi connectivity index (χ0n) is 11.5. The Kier molecular flexibility index (Phi) is 5.01. The highest BCUT2D eigenvalue weighted by Gasteiger charge is 2.27. The minimum atomic E-state index is 0.214. The van der Waals surface area contributed by atoms with E-state index in [4.69, 9.17) is 5.11 Å². The Morgan fingerprint density at radius 1 is 1.17 bits per heavy atom. The molecule has 0 aromatic carbocycles. The van der Waals surface area contributed by atoms with Gasteiger partial charge in [0.25, 0.3) is 0 Å². The fourth-order valence-electron chi connectivity index (χ4n) is 3.05. The highest BCUT2D eigenvalue weighted by Crippen LogP contribution is 2.20. The van der Waals surface area contributed by atoms with Gasteiger partial charge in [-0.2, -0.15) is 0 Å². The van der Waals surface area contributed by atoms with E-state index < -0.39 is 0 Å². The number of aliphatic hydroxyl groups excluding tert-OH is 1. The number of amides is 1. The van der Waals surface area contributed by atoms with Crippen molar-refractivity contribution in [3.05, 3.63) is 0 Å². The molecule has 2 aliphatic rings. The molecule has 0 saturated carbocycles. The van der Waals surface area contributed by atoms with Crippen LogP contribution < -0.4 is 0 Å². The first-order valence-electron chi connectivity index (χ1n) is 7.34. The van der Waals surface area contributed by atoms with Crippen LogP contribution in [-0.2, 0) is 4.79 Å². The van der Waals surface area contributed by atoms with E-state index in [-0.39, 0.29) is 12.5 Å². The largest absolute Gasteiger partial charge is 0.396 e. The number of rotatable bonds is 4. The van der Waals surface area contributed by atoms with Gasteiger partial charge in [-0.05, 0) is 38.3 Å². The third-order valence-electron chi connectivity index (χ3n) is 4.54. The molecule has 0 aromatic heterocycles. The summed E-state index contributed by atoms with van der Waals surface area (Å²) in [6.45, 7) is 6.77. The summed E-state index contributed by atoms with van der Waals surface area (Å²) >= 11 is 0. The van der Waals surface area contributed by atoms with Crippen LogP contribution in [0.4, 0.5) is 0 Å². The Labute approximate surface area is 110 Å². The summed E-state index contributed by atoms with van der Waals surface area (Å²) in [5.74, 6) is 1.42. The lowest BCUT2D eigenvalue weighted by Gasteiger charge is -2.32. The van der Waals surface area contributed by atoms with Crippen molar-refractivity contribution in [1.29, 1.82) is 0 Å². The van der Waals surface area contributed by atoms with Crippen molar-refractivity contribution in [3.8, 4) is 0 Å². The van der Waals surface area contributed by atoms with E-state index in [1.54, 1.807) is 0 Å². The fraction of sp³-hybridized carbons (Fsp3) is 0.929. The van der Waals surface area contributed by atoms with Crippen molar-refractivity contribution < 1.29 is 9.90 Å². The molecular weight excluding hydrogens is 228 g/mol. The SMILES string of the molecule is CCC1CCN(CC(=O)N2CCC(CO)C2)CC1. The molecule has 18 heavy (non-hydrogen) atoms.